The zero-order chi connectivity index (χ0) is 15.1. The van der Waals surface area contributed by atoms with Crippen molar-refractivity contribution in [3.05, 3.63) is 29.6 Å². The normalized spacial score (nSPS) is 9.70. The third-order valence-electron chi connectivity index (χ3n) is 2.22. The lowest BCUT2D eigenvalue weighted by atomic mass is 10.2. The summed E-state index contributed by atoms with van der Waals surface area (Å²) in [7, 11) is 0. The quantitative estimate of drug-likeness (QED) is 0.629. The largest absolute Gasteiger partial charge is 0.480 e. The number of carboxylic acids is 1. The fourth-order valence-electron chi connectivity index (χ4n) is 1.29. The Hall–Kier alpha value is -2.64. The van der Waals surface area contributed by atoms with Gasteiger partial charge in [0.1, 0.15) is 12.4 Å². The van der Waals surface area contributed by atoms with Crippen molar-refractivity contribution in [3.8, 4) is 0 Å². The van der Waals surface area contributed by atoms with E-state index >= 15 is 0 Å². The molecule has 1 aromatic carbocycles. The molecule has 7 nitrogen and oxygen atoms in total. The van der Waals surface area contributed by atoms with Gasteiger partial charge in [0, 0.05) is 0 Å². The zero-order valence-electron chi connectivity index (χ0n) is 10.7. The maximum atomic E-state index is 13.4. The van der Waals surface area contributed by atoms with Crippen molar-refractivity contribution >= 4 is 23.6 Å². The first kappa shape index (κ1) is 15.4. The molecule has 20 heavy (non-hydrogen) atoms. The SMILES string of the molecule is Cc1ccc(NC(=O)NCC(=O)NCC(=O)O)c(F)c1. The molecule has 0 unspecified atom stereocenters. The number of benzene rings is 1. The van der Waals surface area contributed by atoms with Gasteiger partial charge in [-0.05, 0) is 24.6 Å². The minimum atomic E-state index is -1.19. The van der Waals surface area contributed by atoms with Crippen LogP contribution in [0.3, 0.4) is 0 Å². The summed E-state index contributed by atoms with van der Waals surface area (Å²) in [5, 5.41) is 14.8. The van der Waals surface area contributed by atoms with Gasteiger partial charge in [-0.15, -0.1) is 0 Å². The van der Waals surface area contributed by atoms with Gasteiger partial charge in [-0.2, -0.15) is 0 Å². The number of carbonyl (C=O) groups excluding carboxylic acids is 2. The van der Waals surface area contributed by atoms with Crippen LogP contribution in [0.4, 0.5) is 14.9 Å². The summed E-state index contributed by atoms with van der Waals surface area (Å²) in [6, 6.07) is 3.51. The minimum absolute atomic E-state index is 0.0148. The van der Waals surface area contributed by atoms with E-state index in [1.165, 1.54) is 12.1 Å². The summed E-state index contributed by atoms with van der Waals surface area (Å²) in [6.45, 7) is 0.765. The molecule has 0 aromatic heterocycles. The van der Waals surface area contributed by atoms with Crippen LogP contribution in [0.15, 0.2) is 18.2 Å². The van der Waals surface area contributed by atoms with Gasteiger partial charge in [0.25, 0.3) is 0 Å². The smallest absolute Gasteiger partial charge is 0.322 e. The lowest BCUT2D eigenvalue weighted by Gasteiger charge is -2.08. The number of hydrogen-bond donors (Lipinski definition) is 4. The van der Waals surface area contributed by atoms with Gasteiger partial charge in [0.2, 0.25) is 5.91 Å². The van der Waals surface area contributed by atoms with Crippen molar-refractivity contribution in [1.29, 1.82) is 0 Å². The molecule has 0 saturated heterocycles. The fourth-order valence-corrected chi connectivity index (χ4v) is 1.29. The van der Waals surface area contributed by atoms with Crippen molar-refractivity contribution in [2.45, 2.75) is 6.92 Å². The van der Waals surface area contributed by atoms with Gasteiger partial charge >= 0.3 is 12.0 Å². The molecular weight excluding hydrogens is 269 g/mol. The summed E-state index contributed by atoms with van der Waals surface area (Å²) >= 11 is 0. The molecule has 1 rings (SSSR count). The number of hydrogen-bond acceptors (Lipinski definition) is 3. The van der Waals surface area contributed by atoms with Crippen LogP contribution in [0.1, 0.15) is 5.56 Å². The maximum Gasteiger partial charge on any atom is 0.322 e. The Bertz CT molecular complexity index is 533. The van der Waals surface area contributed by atoms with Gasteiger partial charge in [0.05, 0.1) is 12.2 Å². The molecule has 1 aromatic rings. The van der Waals surface area contributed by atoms with Crippen molar-refractivity contribution < 1.29 is 23.9 Å². The third kappa shape index (κ3) is 5.34. The van der Waals surface area contributed by atoms with E-state index in [2.05, 4.69) is 16.0 Å². The minimum Gasteiger partial charge on any atom is -0.480 e. The molecule has 0 bridgehead atoms. The van der Waals surface area contributed by atoms with E-state index in [-0.39, 0.29) is 5.69 Å². The molecule has 4 N–H and O–H groups in total. The van der Waals surface area contributed by atoms with Gasteiger partial charge in [0.15, 0.2) is 0 Å². The number of carbonyl (C=O) groups is 3. The molecule has 0 radical (unpaired) electrons. The third-order valence-corrected chi connectivity index (χ3v) is 2.22. The van der Waals surface area contributed by atoms with E-state index in [4.69, 9.17) is 5.11 Å². The van der Waals surface area contributed by atoms with E-state index in [9.17, 15) is 18.8 Å². The second-order valence-corrected chi connectivity index (χ2v) is 3.96. The number of aryl methyl sites for hydroxylation is 1. The van der Waals surface area contributed by atoms with Crippen LogP contribution in [0.5, 0.6) is 0 Å². The van der Waals surface area contributed by atoms with E-state index in [1.54, 1.807) is 13.0 Å². The summed E-state index contributed by atoms with van der Waals surface area (Å²) in [5.74, 6) is -2.44. The number of nitrogens with one attached hydrogen (secondary N) is 3. The van der Waals surface area contributed by atoms with Crippen LogP contribution >= 0.6 is 0 Å². The van der Waals surface area contributed by atoms with Crippen LogP contribution in [0.25, 0.3) is 0 Å². The van der Waals surface area contributed by atoms with Crippen molar-refractivity contribution in [3.63, 3.8) is 0 Å². The molecular formula is C12H14FN3O4. The molecule has 0 aliphatic carbocycles. The highest BCUT2D eigenvalue weighted by molar-refractivity contribution is 5.92. The molecule has 0 aliphatic heterocycles. The van der Waals surface area contributed by atoms with Crippen LogP contribution in [-0.4, -0.2) is 36.1 Å². The predicted octanol–water partition coefficient (Wildman–Crippen LogP) is 0.456. The Labute approximate surface area is 114 Å². The first-order chi connectivity index (χ1) is 9.38. The molecule has 0 aliphatic rings. The molecule has 0 spiro atoms. The molecule has 0 atom stereocenters. The van der Waals surface area contributed by atoms with Gasteiger partial charge in [-0.3, -0.25) is 9.59 Å². The average molecular weight is 283 g/mol. The van der Waals surface area contributed by atoms with Crippen molar-refractivity contribution in [2.24, 2.45) is 0 Å². The highest BCUT2D eigenvalue weighted by Crippen LogP contribution is 2.14. The number of aliphatic carboxylic acids is 1. The predicted molar refractivity (Wildman–Crippen MR) is 68.8 cm³/mol. The van der Waals surface area contributed by atoms with E-state index in [0.717, 1.165) is 0 Å². The van der Waals surface area contributed by atoms with E-state index < -0.39 is 36.8 Å². The number of amides is 3. The highest BCUT2D eigenvalue weighted by atomic mass is 19.1. The Kier molecular flexibility index (Phi) is 5.45. The monoisotopic (exact) mass is 283 g/mol. The molecule has 0 fully saturated rings. The highest BCUT2D eigenvalue weighted by Gasteiger charge is 2.09. The number of urea groups is 1. The average Bonchev–Trinajstić information content (AvgIpc) is 2.37. The molecule has 8 heteroatoms. The molecule has 0 saturated carbocycles. The van der Waals surface area contributed by atoms with Crippen LogP contribution < -0.4 is 16.0 Å². The molecule has 108 valence electrons. The van der Waals surface area contributed by atoms with Crippen LogP contribution in [0.2, 0.25) is 0 Å². The number of rotatable bonds is 5. The Morgan fingerprint density at radius 1 is 1.20 bits per heavy atom. The fraction of sp³-hybridized carbons (Fsp3) is 0.250. The van der Waals surface area contributed by atoms with Crippen LogP contribution in [0, 0.1) is 12.7 Å². The van der Waals surface area contributed by atoms with Gasteiger partial charge in [-0.25, -0.2) is 9.18 Å². The van der Waals surface area contributed by atoms with E-state index in [0.29, 0.717) is 5.56 Å². The first-order valence-corrected chi connectivity index (χ1v) is 5.68. The second-order valence-electron chi connectivity index (χ2n) is 3.96. The summed E-state index contributed by atoms with van der Waals surface area (Å²) in [5.41, 5.74) is 0.695. The van der Waals surface area contributed by atoms with Crippen molar-refractivity contribution in [2.75, 3.05) is 18.4 Å². The maximum absolute atomic E-state index is 13.4. The molecule has 3 amide bonds. The number of anilines is 1. The number of carboxylic acid groups (broad SMARTS) is 1. The summed E-state index contributed by atoms with van der Waals surface area (Å²) in [6.07, 6.45) is 0. The first-order valence-electron chi connectivity index (χ1n) is 5.68. The lowest BCUT2D eigenvalue weighted by Crippen LogP contribution is -2.40. The van der Waals surface area contributed by atoms with E-state index in [1.807, 2.05) is 0 Å². The Balaban J connectivity index is 2.40. The Morgan fingerprint density at radius 3 is 2.50 bits per heavy atom. The lowest BCUT2D eigenvalue weighted by molar-refractivity contribution is -0.137. The van der Waals surface area contributed by atoms with Gasteiger partial charge < -0.3 is 21.1 Å². The zero-order valence-corrected chi connectivity index (χ0v) is 10.7. The van der Waals surface area contributed by atoms with Gasteiger partial charge in [-0.1, -0.05) is 6.07 Å². The topological polar surface area (TPSA) is 108 Å². The second kappa shape index (κ2) is 7.07. The number of halogens is 1. The van der Waals surface area contributed by atoms with Crippen molar-refractivity contribution in [1.82, 2.24) is 10.6 Å². The summed E-state index contributed by atoms with van der Waals surface area (Å²) in [4.78, 5) is 32.7. The summed E-state index contributed by atoms with van der Waals surface area (Å²) < 4.78 is 13.4. The molecule has 0 heterocycles. The van der Waals surface area contributed by atoms with Crippen LogP contribution in [-0.2, 0) is 9.59 Å². The Morgan fingerprint density at radius 2 is 1.90 bits per heavy atom. The standard InChI is InChI=1S/C12H14FN3O4/c1-7-2-3-9(8(13)4-7)16-12(20)15-5-10(17)14-6-11(18)19/h2-4H,5-6H2,1H3,(H,14,17)(H,18,19)(H2,15,16,20).